The quantitative estimate of drug-likeness (QED) is 0.562. The van der Waals surface area contributed by atoms with Crippen LogP contribution in [0.15, 0.2) is 9.72 Å². The highest BCUT2D eigenvalue weighted by atomic mass is 32.2. The Morgan fingerprint density at radius 2 is 2.05 bits per heavy atom. The molecule has 0 bridgehead atoms. The number of aromatic carboxylic acids is 1. The number of hydrogen-bond acceptors (Lipinski definition) is 7. The zero-order chi connectivity index (χ0) is 14.7. The van der Waals surface area contributed by atoms with Crippen molar-refractivity contribution >= 4 is 37.4 Å². The lowest BCUT2D eigenvalue weighted by atomic mass is 10.5. The van der Waals surface area contributed by atoms with Crippen molar-refractivity contribution in [3.8, 4) is 0 Å². The van der Waals surface area contributed by atoms with Crippen LogP contribution in [0.4, 0.5) is 0 Å². The van der Waals surface area contributed by atoms with Crippen LogP contribution in [0.5, 0.6) is 0 Å². The van der Waals surface area contributed by atoms with Gasteiger partial charge in [-0.15, -0.1) is 11.3 Å². The van der Waals surface area contributed by atoms with E-state index in [1.807, 2.05) is 9.44 Å². The van der Waals surface area contributed by atoms with Gasteiger partial charge < -0.3 is 5.11 Å². The monoisotopic (exact) mass is 329 g/mol. The second-order valence-corrected chi connectivity index (χ2v) is 8.08. The molecule has 1 aromatic rings. The van der Waals surface area contributed by atoms with Crippen molar-refractivity contribution in [3.63, 3.8) is 0 Å². The summed E-state index contributed by atoms with van der Waals surface area (Å²) in [4.78, 5) is 14.2. The summed E-state index contributed by atoms with van der Waals surface area (Å²) in [6.07, 6.45) is 0. The second kappa shape index (κ2) is 5.92. The Bertz CT molecular complexity index is 662. The normalized spacial score (nSPS) is 12.5. The van der Waals surface area contributed by atoms with Gasteiger partial charge in [-0.1, -0.05) is 0 Å². The molecule has 0 saturated carbocycles. The minimum Gasteiger partial charge on any atom is -0.476 e. The van der Waals surface area contributed by atoms with E-state index in [4.69, 9.17) is 5.11 Å². The van der Waals surface area contributed by atoms with Crippen LogP contribution in [0.25, 0.3) is 0 Å². The third-order valence-corrected chi connectivity index (χ3v) is 6.15. The van der Waals surface area contributed by atoms with Gasteiger partial charge in [0.2, 0.25) is 10.0 Å². The van der Waals surface area contributed by atoms with Crippen LogP contribution in [0.3, 0.4) is 0 Å². The lowest BCUT2D eigenvalue weighted by Crippen LogP contribution is -2.33. The Kier molecular flexibility index (Phi) is 4.98. The molecule has 12 heteroatoms. The maximum atomic E-state index is 11.8. The SMILES string of the molecule is CNS(=O)(=O)CCNS(=O)(=O)c1scnc1C(=O)O. The number of sulfonamides is 2. The number of carbonyl (C=O) groups is 1. The van der Waals surface area contributed by atoms with Gasteiger partial charge in [0.15, 0.2) is 9.90 Å². The fourth-order valence-corrected chi connectivity index (χ4v) is 3.97. The summed E-state index contributed by atoms with van der Waals surface area (Å²) in [6, 6.07) is 0. The average molecular weight is 329 g/mol. The van der Waals surface area contributed by atoms with Crippen LogP contribution in [-0.4, -0.2) is 52.2 Å². The van der Waals surface area contributed by atoms with Gasteiger partial charge in [-0.3, -0.25) is 0 Å². The van der Waals surface area contributed by atoms with Crippen molar-refractivity contribution in [2.45, 2.75) is 4.21 Å². The van der Waals surface area contributed by atoms with Crippen molar-refractivity contribution in [3.05, 3.63) is 11.2 Å². The Balaban J connectivity index is 2.83. The summed E-state index contributed by atoms with van der Waals surface area (Å²) in [7, 11) is -6.43. The molecule has 19 heavy (non-hydrogen) atoms. The minimum atomic E-state index is -4.09. The largest absolute Gasteiger partial charge is 0.476 e. The maximum absolute atomic E-state index is 11.8. The highest BCUT2D eigenvalue weighted by Crippen LogP contribution is 2.19. The molecule has 0 amide bonds. The molecule has 0 fully saturated rings. The standard InChI is InChI=1S/C7H11N3O6S3/c1-8-18(13,14)3-2-10-19(15,16)7-5(6(11)12)9-4-17-7/h4,8,10H,2-3H2,1H3,(H,11,12). The van der Waals surface area contributed by atoms with E-state index in [0.29, 0.717) is 11.3 Å². The Hall–Kier alpha value is -1.08. The van der Waals surface area contributed by atoms with E-state index in [-0.39, 0.29) is 6.54 Å². The lowest BCUT2D eigenvalue weighted by molar-refractivity contribution is 0.0687. The molecule has 1 rings (SSSR count). The molecule has 0 unspecified atom stereocenters. The van der Waals surface area contributed by atoms with Gasteiger partial charge in [-0.2, -0.15) is 0 Å². The van der Waals surface area contributed by atoms with E-state index in [1.165, 1.54) is 7.05 Å². The Morgan fingerprint density at radius 1 is 1.42 bits per heavy atom. The Labute approximate surface area is 113 Å². The summed E-state index contributed by atoms with van der Waals surface area (Å²) < 4.78 is 49.3. The predicted octanol–water partition coefficient (Wildman–Crippen LogP) is -1.33. The van der Waals surface area contributed by atoms with E-state index in [0.717, 1.165) is 5.51 Å². The third kappa shape index (κ3) is 4.21. The zero-order valence-electron chi connectivity index (χ0n) is 9.65. The van der Waals surface area contributed by atoms with Crippen molar-refractivity contribution in [1.82, 2.24) is 14.4 Å². The molecule has 108 valence electrons. The molecule has 9 nitrogen and oxygen atoms in total. The van der Waals surface area contributed by atoms with E-state index < -0.39 is 41.7 Å². The number of aromatic nitrogens is 1. The second-order valence-electron chi connectivity index (χ2n) is 3.21. The van der Waals surface area contributed by atoms with Gasteiger partial charge in [-0.05, 0) is 7.05 Å². The van der Waals surface area contributed by atoms with E-state index in [1.54, 1.807) is 0 Å². The van der Waals surface area contributed by atoms with E-state index in [2.05, 4.69) is 4.98 Å². The smallest absolute Gasteiger partial charge is 0.356 e. The number of carboxylic acids is 1. The van der Waals surface area contributed by atoms with Crippen LogP contribution >= 0.6 is 11.3 Å². The van der Waals surface area contributed by atoms with E-state index >= 15 is 0 Å². The average Bonchev–Trinajstić information content (AvgIpc) is 2.78. The minimum absolute atomic E-state index is 0.373. The summed E-state index contributed by atoms with van der Waals surface area (Å²) in [6.45, 7) is -0.373. The number of nitrogens with zero attached hydrogens (tertiary/aromatic N) is 1. The molecule has 3 N–H and O–H groups in total. The summed E-state index contributed by atoms with van der Waals surface area (Å²) in [5.41, 5.74) is 0.497. The van der Waals surface area contributed by atoms with Crippen LogP contribution < -0.4 is 9.44 Å². The zero-order valence-corrected chi connectivity index (χ0v) is 12.1. The summed E-state index contributed by atoms with van der Waals surface area (Å²) >= 11 is 0.641. The first-order valence-electron chi connectivity index (χ1n) is 4.77. The molecule has 0 aliphatic heterocycles. The molecular weight excluding hydrogens is 318 g/mol. The fourth-order valence-electron chi connectivity index (χ4n) is 1.05. The third-order valence-electron chi connectivity index (χ3n) is 1.96. The van der Waals surface area contributed by atoms with Crippen molar-refractivity contribution in [2.75, 3.05) is 19.3 Å². The molecule has 0 saturated heterocycles. The molecule has 1 aromatic heterocycles. The Morgan fingerprint density at radius 3 is 2.58 bits per heavy atom. The fraction of sp³-hybridized carbons (Fsp3) is 0.429. The van der Waals surface area contributed by atoms with Gasteiger partial charge in [-0.25, -0.2) is 36.1 Å². The van der Waals surface area contributed by atoms with Crippen LogP contribution in [0, 0.1) is 0 Å². The molecule has 0 atom stereocenters. The molecule has 1 heterocycles. The molecular formula is C7H11N3O6S3. The maximum Gasteiger partial charge on any atom is 0.356 e. The van der Waals surface area contributed by atoms with Crippen molar-refractivity contribution in [1.29, 1.82) is 0 Å². The number of hydrogen-bond donors (Lipinski definition) is 3. The summed E-state index contributed by atoms with van der Waals surface area (Å²) in [5.74, 6) is -1.92. The molecule has 0 aromatic carbocycles. The summed E-state index contributed by atoms with van der Waals surface area (Å²) in [5, 5.41) is 8.76. The van der Waals surface area contributed by atoms with Crippen LogP contribution in [0.2, 0.25) is 0 Å². The van der Waals surface area contributed by atoms with E-state index in [9.17, 15) is 21.6 Å². The van der Waals surface area contributed by atoms with Gasteiger partial charge in [0.25, 0.3) is 10.0 Å². The predicted molar refractivity (Wildman–Crippen MR) is 67.1 cm³/mol. The number of nitrogens with one attached hydrogen (secondary N) is 2. The lowest BCUT2D eigenvalue weighted by Gasteiger charge is -2.05. The van der Waals surface area contributed by atoms with Crippen molar-refractivity contribution in [2.24, 2.45) is 0 Å². The van der Waals surface area contributed by atoms with Crippen LogP contribution in [-0.2, 0) is 20.0 Å². The first-order chi connectivity index (χ1) is 8.69. The highest BCUT2D eigenvalue weighted by molar-refractivity contribution is 7.92. The molecule has 0 aliphatic rings. The first kappa shape index (κ1) is 16.0. The highest BCUT2D eigenvalue weighted by Gasteiger charge is 2.25. The van der Waals surface area contributed by atoms with Crippen LogP contribution in [0.1, 0.15) is 10.5 Å². The van der Waals surface area contributed by atoms with Crippen molar-refractivity contribution < 1.29 is 26.7 Å². The number of rotatable bonds is 7. The molecule has 0 aliphatic carbocycles. The van der Waals surface area contributed by atoms with Gasteiger partial charge in [0.1, 0.15) is 0 Å². The first-order valence-corrected chi connectivity index (χ1v) is 8.79. The number of thiazole rings is 1. The molecule has 0 spiro atoms. The number of carboxylic acid groups (broad SMARTS) is 1. The van der Waals surface area contributed by atoms with Gasteiger partial charge in [0.05, 0.1) is 11.3 Å². The topological polar surface area (TPSA) is 143 Å². The van der Waals surface area contributed by atoms with Gasteiger partial charge >= 0.3 is 5.97 Å². The van der Waals surface area contributed by atoms with Gasteiger partial charge in [0, 0.05) is 6.54 Å². The molecule has 0 radical (unpaired) electrons.